The van der Waals surface area contributed by atoms with Crippen LogP contribution in [-0.2, 0) is 9.53 Å². The van der Waals surface area contributed by atoms with Gasteiger partial charge in [0, 0.05) is 12.7 Å². The van der Waals surface area contributed by atoms with Crippen molar-refractivity contribution in [2.75, 3.05) is 13.2 Å². The van der Waals surface area contributed by atoms with Crippen LogP contribution < -0.4 is 0 Å². The molecule has 0 bridgehead atoms. The van der Waals surface area contributed by atoms with Crippen LogP contribution in [0.4, 0.5) is 0 Å². The molecule has 1 aromatic carbocycles. The highest BCUT2D eigenvalue weighted by Crippen LogP contribution is 1.97. The van der Waals surface area contributed by atoms with E-state index in [4.69, 9.17) is 5.11 Å². The summed E-state index contributed by atoms with van der Waals surface area (Å²) in [4.78, 5) is 10.4. The van der Waals surface area contributed by atoms with Crippen molar-refractivity contribution >= 4 is 12.0 Å². The van der Waals surface area contributed by atoms with Crippen molar-refractivity contribution in [3.05, 3.63) is 55.1 Å². The SMILES string of the molecule is C=CC(=O)OCCCCO.C=Cc1ccccc1. The smallest absolute Gasteiger partial charge is 0.330 e. The van der Waals surface area contributed by atoms with Crippen LogP contribution in [0, 0.1) is 0 Å². The molecule has 0 atom stereocenters. The monoisotopic (exact) mass is 248 g/mol. The van der Waals surface area contributed by atoms with Crippen molar-refractivity contribution in [1.82, 2.24) is 0 Å². The van der Waals surface area contributed by atoms with Gasteiger partial charge in [0.1, 0.15) is 0 Å². The fourth-order valence-corrected chi connectivity index (χ4v) is 1.03. The average molecular weight is 248 g/mol. The summed E-state index contributed by atoms with van der Waals surface area (Å²) in [5, 5.41) is 8.33. The average Bonchev–Trinajstić information content (AvgIpc) is 2.45. The minimum Gasteiger partial charge on any atom is -0.463 e. The molecule has 0 saturated carbocycles. The number of hydrogen-bond donors (Lipinski definition) is 1. The van der Waals surface area contributed by atoms with E-state index in [1.165, 1.54) is 5.56 Å². The Morgan fingerprint density at radius 1 is 1.22 bits per heavy atom. The van der Waals surface area contributed by atoms with Crippen LogP contribution in [0.2, 0.25) is 0 Å². The maximum Gasteiger partial charge on any atom is 0.330 e. The Morgan fingerprint density at radius 3 is 2.33 bits per heavy atom. The van der Waals surface area contributed by atoms with Gasteiger partial charge in [0.25, 0.3) is 0 Å². The van der Waals surface area contributed by atoms with Crippen LogP contribution in [0.15, 0.2) is 49.6 Å². The molecule has 0 aromatic heterocycles. The summed E-state index contributed by atoms with van der Waals surface area (Å²) in [7, 11) is 0. The van der Waals surface area contributed by atoms with Gasteiger partial charge in [-0.15, -0.1) is 0 Å². The molecule has 1 aromatic rings. The quantitative estimate of drug-likeness (QED) is 0.478. The normalized spacial score (nSPS) is 8.72. The summed E-state index contributed by atoms with van der Waals surface area (Å²) >= 11 is 0. The molecule has 0 unspecified atom stereocenters. The predicted molar refractivity (Wildman–Crippen MR) is 74.0 cm³/mol. The van der Waals surface area contributed by atoms with Crippen molar-refractivity contribution in [2.24, 2.45) is 0 Å². The first kappa shape index (κ1) is 16.1. The first-order chi connectivity index (χ1) is 8.74. The van der Waals surface area contributed by atoms with Crippen molar-refractivity contribution in [1.29, 1.82) is 0 Å². The van der Waals surface area contributed by atoms with Crippen LogP contribution in [0.25, 0.3) is 6.08 Å². The summed E-state index contributed by atoms with van der Waals surface area (Å²) in [5.74, 6) is -0.405. The number of aliphatic hydroxyl groups is 1. The lowest BCUT2D eigenvalue weighted by atomic mass is 10.2. The van der Waals surface area contributed by atoms with E-state index in [1.807, 2.05) is 36.4 Å². The van der Waals surface area contributed by atoms with Crippen LogP contribution >= 0.6 is 0 Å². The number of carbonyl (C=O) groups excluding carboxylic acids is 1. The Hall–Kier alpha value is -1.87. The number of aliphatic hydroxyl groups excluding tert-OH is 1. The van der Waals surface area contributed by atoms with Gasteiger partial charge < -0.3 is 9.84 Å². The third-order valence-electron chi connectivity index (χ3n) is 2.00. The summed E-state index contributed by atoms with van der Waals surface area (Å²) in [6.45, 7) is 7.38. The molecule has 0 aliphatic rings. The van der Waals surface area contributed by atoms with E-state index in [0.717, 1.165) is 6.08 Å². The number of benzene rings is 1. The van der Waals surface area contributed by atoms with Gasteiger partial charge in [0.05, 0.1) is 6.61 Å². The molecule has 18 heavy (non-hydrogen) atoms. The number of rotatable bonds is 6. The third-order valence-corrected chi connectivity index (χ3v) is 2.00. The number of ether oxygens (including phenoxy) is 1. The zero-order valence-electron chi connectivity index (χ0n) is 10.5. The fourth-order valence-electron chi connectivity index (χ4n) is 1.03. The lowest BCUT2D eigenvalue weighted by molar-refractivity contribution is -0.137. The van der Waals surface area contributed by atoms with Crippen molar-refractivity contribution in [2.45, 2.75) is 12.8 Å². The summed E-state index contributed by atoms with van der Waals surface area (Å²) in [6, 6.07) is 10.0. The van der Waals surface area contributed by atoms with E-state index >= 15 is 0 Å². The van der Waals surface area contributed by atoms with Crippen molar-refractivity contribution in [3.63, 3.8) is 0 Å². The molecule has 1 rings (SSSR count). The van der Waals surface area contributed by atoms with Gasteiger partial charge in [-0.1, -0.05) is 49.6 Å². The van der Waals surface area contributed by atoms with E-state index in [2.05, 4.69) is 17.9 Å². The first-order valence-corrected chi connectivity index (χ1v) is 5.82. The number of carbonyl (C=O) groups is 1. The van der Waals surface area contributed by atoms with E-state index in [1.54, 1.807) is 0 Å². The Balaban J connectivity index is 0.000000327. The number of esters is 1. The fraction of sp³-hybridized carbons (Fsp3) is 0.267. The zero-order valence-corrected chi connectivity index (χ0v) is 10.5. The highest BCUT2D eigenvalue weighted by molar-refractivity contribution is 5.81. The molecule has 3 heteroatoms. The minimum absolute atomic E-state index is 0.144. The second-order valence-electron chi connectivity index (χ2n) is 3.42. The summed E-state index contributed by atoms with van der Waals surface area (Å²) in [5.41, 5.74) is 1.17. The molecular weight excluding hydrogens is 228 g/mol. The van der Waals surface area contributed by atoms with Crippen LogP contribution in [0.5, 0.6) is 0 Å². The van der Waals surface area contributed by atoms with E-state index < -0.39 is 5.97 Å². The Labute approximate surface area is 108 Å². The molecule has 0 saturated heterocycles. The molecule has 0 aliphatic heterocycles. The van der Waals surface area contributed by atoms with Gasteiger partial charge in [0.2, 0.25) is 0 Å². The second-order valence-corrected chi connectivity index (χ2v) is 3.42. The van der Waals surface area contributed by atoms with Crippen LogP contribution in [0.3, 0.4) is 0 Å². The van der Waals surface area contributed by atoms with Crippen LogP contribution in [-0.4, -0.2) is 24.3 Å². The van der Waals surface area contributed by atoms with Crippen molar-refractivity contribution in [3.8, 4) is 0 Å². The molecule has 0 heterocycles. The Bertz CT molecular complexity index is 344. The largest absolute Gasteiger partial charge is 0.463 e. The number of unbranched alkanes of at least 4 members (excludes halogenated alkanes) is 1. The van der Waals surface area contributed by atoms with E-state index in [9.17, 15) is 4.79 Å². The first-order valence-electron chi connectivity index (χ1n) is 5.82. The standard InChI is InChI=1S/C8H8.C7H12O3/c1-2-8-6-4-3-5-7-8;1-2-7(9)10-6-4-3-5-8/h2-7H,1H2;2,8H,1,3-6H2. The zero-order chi connectivity index (χ0) is 13.6. The second kappa shape index (κ2) is 11.6. The van der Waals surface area contributed by atoms with Crippen LogP contribution in [0.1, 0.15) is 18.4 Å². The predicted octanol–water partition coefficient (Wildman–Crippen LogP) is 2.82. The lowest BCUT2D eigenvalue weighted by Crippen LogP contribution is -2.02. The van der Waals surface area contributed by atoms with Crippen molar-refractivity contribution < 1.29 is 14.6 Å². The summed E-state index contributed by atoms with van der Waals surface area (Å²) in [6.07, 6.45) is 4.33. The Morgan fingerprint density at radius 2 is 1.89 bits per heavy atom. The van der Waals surface area contributed by atoms with Gasteiger partial charge in [-0.05, 0) is 18.4 Å². The van der Waals surface area contributed by atoms with Gasteiger partial charge in [-0.3, -0.25) is 0 Å². The molecule has 0 aliphatic carbocycles. The molecular formula is C15H20O3. The third kappa shape index (κ3) is 9.36. The maximum absolute atomic E-state index is 10.4. The molecule has 1 N–H and O–H groups in total. The molecule has 0 spiro atoms. The molecule has 3 nitrogen and oxygen atoms in total. The van der Waals surface area contributed by atoms with Gasteiger partial charge in [-0.25, -0.2) is 4.79 Å². The highest BCUT2D eigenvalue weighted by Gasteiger charge is 1.92. The topological polar surface area (TPSA) is 46.5 Å². The molecule has 98 valence electrons. The number of hydrogen-bond acceptors (Lipinski definition) is 3. The van der Waals surface area contributed by atoms with Gasteiger partial charge in [-0.2, -0.15) is 0 Å². The minimum atomic E-state index is -0.405. The van der Waals surface area contributed by atoms with Gasteiger partial charge in [0.15, 0.2) is 0 Å². The van der Waals surface area contributed by atoms with Gasteiger partial charge >= 0.3 is 5.97 Å². The lowest BCUT2D eigenvalue weighted by Gasteiger charge is -1.98. The molecule has 0 fully saturated rings. The molecule has 0 amide bonds. The molecule has 0 radical (unpaired) electrons. The highest BCUT2D eigenvalue weighted by atomic mass is 16.5. The van der Waals surface area contributed by atoms with E-state index in [-0.39, 0.29) is 6.61 Å². The Kier molecular flexibility index (Phi) is 10.4. The van der Waals surface area contributed by atoms with E-state index in [0.29, 0.717) is 19.4 Å². The summed E-state index contributed by atoms with van der Waals surface area (Å²) < 4.78 is 4.63. The maximum atomic E-state index is 10.4.